The molecule has 5 rings (SSSR count). The van der Waals surface area contributed by atoms with Crippen LogP contribution in [0.1, 0.15) is 17.7 Å². The molecule has 10 heteroatoms. The van der Waals surface area contributed by atoms with Crippen molar-refractivity contribution in [1.29, 1.82) is 10.5 Å². The molecule has 0 bridgehead atoms. The van der Waals surface area contributed by atoms with Crippen molar-refractivity contribution in [2.75, 3.05) is 22.2 Å². The first-order valence-electron chi connectivity index (χ1n) is 10.0. The van der Waals surface area contributed by atoms with Gasteiger partial charge < -0.3 is 4.74 Å². The van der Waals surface area contributed by atoms with Gasteiger partial charge in [-0.15, -0.1) is 0 Å². The lowest BCUT2D eigenvalue weighted by Gasteiger charge is -2.16. The fourth-order valence-corrected chi connectivity index (χ4v) is 4.70. The van der Waals surface area contributed by atoms with Crippen LogP contribution in [-0.2, 0) is 0 Å². The van der Waals surface area contributed by atoms with Gasteiger partial charge in [-0.1, -0.05) is 6.07 Å². The fraction of sp³-hybridized carbons (Fsp3) is 0.217. The predicted molar refractivity (Wildman–Crippen MR) is 120 cm³/mol. The first-order valence-corrected chi connectivity index (χ1v) is 10.8. The lowest BCUT2D eigenvalue weighted by atomic mass is 9.99. The Kier molecular flexibility index (Phi) is 5.03. The highest BCUT2D eigenvalue weighted by molar-refractivity contribution is 8.02. The molecule has 3 aromatic rings. The standard InChI is InChI=1S/C23H16F2N6OS/c1-30-21-6-14(3-5-20(21)31(33-30)13-16-8-23(16,24)25)19-7-18(4-2-15(19)9-26)32-22-12-28-11-17(10-27)29-22/h2-7,11-12,16H,8,13H2,1H3. The topological polar surface area (TPSA) is 89.1 Å². The number of halogens is 2. The third-order valence-corrected chi connectivity index (χ3v) is 6.50. The van der Waals surface area contributed by atoms with Gasteiger partial charge in [0.2, 0.25) is 5.88 Å². The number of benzene rings is 2. The van der Waals surface area contributed by atoms with Crippen LogP contribution in [0, 0.1) is 28.6 Å². The van der Waals surface area contributed by atoms with E-state index in [-0.39, 0.29) is 24.5 Å². The maximum Gasteiger partial charge on any atom is 0.253 e. The molecule has 0 amide bonds. The maximum atomic E-state index is 13.4. The minimum atomic E-state index is -2.57. The molecule has 1 atom stereocenters. The van der Waals surface area contributed by atoms with E-state index < -0.39 is 11.8 Å². The zero-order chi connectivity index (χ0) is 23.2. The Hall–Kier alpha value is -3.89. The van der Waals surface area contributed by atoms with Gasteiger partial charge in [0, 0.05) is 31.5 Å². The van der Waals surface area contributed by atoms with Crippen LogP contribution >= 0.6 is 12.1 Å². The van der Waals surface area contributed by atoms with Crippen molar-refractivity contribution in [3.05, 3.63) is 60.0 Å². The van der Waals surface area contributed by atoms with Crippen molar-refractivity contribution >= 4 is 23.5 Å². The summed E-state index contributed by atoms with van der Waals surface area (Å²) in [5.74, 6) is -2.58. The smallest absolute Gasteiger partial charge is 0.253 e. The number of fused-ring (bicyclic) bond motifs is 1. The zero-order valence-corrected chi connectivity index (χ0v) is 18.2. The largest absolute Gasteiger partial charge is 0.437 e. The maximum absolute atomic E-state index is 13.4. The Balaban J connectivity index is 1.45. The van der Waals surface area contributed by atoms with E-state index in [9.17, 15) is 14.0 Å². The summed E-state index contributed by atoms with van der Waals surface area (Å²) in [5.41, 5.74) is 3.79. The van der Waals surface area contributed by atoms with Crippen molar-refractivity contribution < 1.29 is 13.5 Å². The Labute approximate surface area is 193 Å². The number of nitrogens with zero attached hydrogens (tertiary/aromatic N) is 6. The molecule has 2 heterocycles. The molecular weight excluding hydrogens is 446 g/mol. The van der Waals surface area contributed by atoms with Gasteiger partial charge in [-0.2, -0.15) is 15.5 Å². The number of nitriles is 2. The Morgan fingerprint density at radius 1 is 1.15 bits per heavy atom. The van der Waals surface area contributed by atoms with E-state index in [4.69, 9.17) is 10.00 Å². The molecule has 1 aliphatic heterocycles. The molecule has 1 aliphatic carbocycles. The lowest BCUT2D eigenvalue weighted by molar-refractivity contribution is 0.101. The Bertz CT molecular complexity index is 1340. The van der Waals surface area contributed by atoms with Crippen LogP contribution in [0.3, 0.4) is 0 Å². The van der Waals surface area contributed by atoms with E-state index in [0.29, 0.717) is 16.9 Å². The van der Waals surface area contributed by atoms with Crippen molar-refractivity contribution in [2.24, 2.45) is 5.92 Å². The molecule has 0 spiro atoms. The highest BCUT2D eigenvalue weighted by Gasteiger charge is 2.57. The predicted octanol–water partition coefficient (Wildman–Crippen LogP) is 5.15. The number of ether oxygens (including phenoxy) is 1. The van der Waals surface area contributed by atoms with Gasteiger partial charge in [-0.3, -0.25) is 13.6 Å². The van der Waals surface area contributed by atoms with E-state index in [1.165, 1.54) is 24.5 Å². The summed E-state index contributed by atoms with van der Waals surface area (Å²) >= 11 is 1.39. The number of hydrogen-bond donors (Lipinski definition) is 0. The molecule has 1 saturated carbocycles. The molecule has 2 aromatic carbocycles. The molecule has 0 saturated heterocycles. The second kappa shape index (κ2) is 7.91. The number of aromatic nitrogens is 2. The van der Waals surface area contributed by atoms with Crippen LogP contribution in [0.15, 0.2) is 48.8 Å². The number of hydrogen-bond acceptors (Lipinski definition) is 8. The average Bonchev–Trinajstić information content (AvgIpc) is 3.30. The summed E-state index contributed by atoms with van der Waals surface area (Å²) in [6, 6.07) is 14.8. The molecule has 33 heavy (non-hydrogen) atoms. The quantitative estimate of drug-likeness (QED) is 0.481. The van der Waals surface area contributed by atoms with Crippen molar-refractivity contribution in [1.82, 2.24) is 9.97 Å². The van der Waals surface area contributed by atoms with E-state index in [0.717, 1.165) is 16.9 Å². The number of anilines is 2. The molecule has 1 fully saturated rings. The summed E-state index contributed by atoms with van der Waals surface area (Å²) in [7, 11) is 1.88. The summed E-state index contributed by atoms with van der Waals surface area (Å²) in [5, 5.41) is 18.6. The van der Waals surface area contributed by atoms with E-state index >= 15 is 0 Å². The number of alkyl halides is 2. The van der Waals surface area contributed by atoms with E-state index in [1.54, 1.807) is 18.2 Å². The van der Waals surface area contributed by atoms with E-state index in [1.807, 2.05) is 39.9 Å². The molecule has 7 nitrogen and oxygen atoms in total. The fourth-order valence-electron chi connectivity index (χ4n) is 3.68. The van der Waals surface area contributed by atoms with E-state index in [2.05, 4.69) is 16.0 Å². The first-order chi connectivity index (χ1) is 15.9. The van der Waals surface area contributed by atoms with Crippen LogP contribution in [0.25, 0.3) is 11.1 Å². The van der Waals surface area contributed by atoms with Gasteiger partial charge in [-0.25, -0.2) is 8.78 Å². The van der Waals surface area contributed by atoms with Gasteiger partial charge in [0.15, 0.2) is 5.69 Å². The molecule has 164 valence electrons. The molecule has 1 unspecified atom stereocenters. The van der Waals surface area contributed by atoms with Crippen LogP contribution < -0.4 is 13.3 Å². The monoisotopic (exact) mass is 462 g/mol. The van der Waals surface area contributed by atoms with Gasteiger partial charge in [0.25, 0.3) is 5.92 Å². The highest BCUT2D eigenvalue weighted by Crippen LogP contribution is 2.53. The Morgan fingerprint density at radius 2 is 1.97 bits per heavy atom. The van der Waals surface area contributed by atoms with Crippen LogP contribution in [0.5, 0.6) is 11.6 Å². The van der Waals surface area contributed by atoms with Gasteiger partial charge in [0.05, 0.1) is 47.5 Å². The summed E-state index contributed by atoms with van der Waals surface area (Å²) in [6.07, 6.45) is 2.67. The molecule has 1 aromatic heterocycles. The van der Waals surface area contributed by atoms with Crippen LogP contribution in [0.2, 0.25) is 0 Å². The highest BCUT2D eigenvalue weighted by atomic mass is 32.2. The molecule has 0 N–H and O–H groups in total. The SMILES string of the molecule is CN1SN(CC2CC2(F)F)c2ccc(-c3cc(Oc4cncc(C#N)n4)ccc3C#N)cc21. The number of rotatable bonds is 5. The van der Waals surface area contributed by atoms with Crippen molar-refractivity contribution in [3.63, 3.8) is 0 Å². The van der Waals surface area contributed by atoms with Crippen LogP contribution in [0.4, 0.5) is 20.2 Å². The molecular formula is C23H16F2N6OS. The first kappa shape index (κ1) is 21.0. The zero-order valence-electron chi connectivity index (χ0n) is 17.4. The van der Waals surface area contributed by atoms with Crippen molar-refractivity contribution in [2.45, 2.75) is 12.3 Å². The summed E-state index contributed by atoms with van der Waals surface area (Å²) < 4.78 is 36.4. The average molecular weight is 462 g/mol. The third-order valence-electron chi connectivity index (χ3n) is 5.52. The van der Waals surface area contributed by atoms with Crippen molar-refractivity contribution in [3.8, 4) is 34.9 Å². The summed E-state index contributed by atoms with van der Waals surface area (Å²) in [6.45, 7) is 0.282. The Morgan fingerprint density at radius 3 is 2.70 bits per heavy atom. The minimum absolute atomic E-state index is 0.0683. The van der Waals surface area contributed by atoms with Crippen LogP contribution in [-0.4, -0.2) is 29.5 Å². The lowest BCUT2D eigenvalue weighted by Crippen LogP contribution is -2.18. The van der Waals surface area contributed by atoms with Gasteiger partial charge >= 0.3 is 0 Å². The summed E-state index contributed by atoms with van der Waals surface area (Å²) in [4.78, 5) is 7.99. The van der Waals surface area contributed by atoms with Gasteiger partial charge in [-0.05, 0) is 35.9 Å². The third kappa shape index (κ3) is 4.01. The normalized spacial score (nSPS) is 17.8. The second-order valence-electron chi connectivity index (χ2n) is 7.78. The molecule has 0 radical (unpaired) electrons. The van der Waals surface area contributed by atoms with Gasteiger partial charge in [0.1, 0.15) is 11.8 Å². The second-order valence-corrected chi connectivity index (χ2v) is 8.93. The molecule has 2 aliphatic rings. The minimum Gasteiger partial charge on any atom is -0.437 e.